The maximum absolute atomic E-state index is 5.59. The molecule has 124 valence electrons. The van der Waals surface area contributed by atoms with Crippen LogP contribution in [0, 0.1) is 0 Å². The molecule has 6 nitrogen and oxygen atoms in total. The molecule has 2 fully saturated rings. The Hall–Kier alpha value is -0.980. The first-order valence-corrected chi connectivity index (χ1v) is 8.47. The lowest BCUT2D eigenvalue weighted by molar-refractivity contribution is 0.105. The smallest absolute Gasteiger partial charge is 0.240 e. The van der Waals surface area contributed by atoms with Gasteiger partial charge in [0.15, 0.2) is 5.82 Å². The highest BCUT2D eigenvalue weighted by molar-refractivity contribution is 4.95. The van der Waals surface area contributed by atoms with Crippen LogP contribution in [-0.4, -0.2) is 65.4 Å². The van der Waals surface area contributed by atoms with E-state index in [1.165, 1.54) is 25.9 Å². The van der Waals surface area contributed by atoms with E-state index in [4.69, 9.17) is 9.26 Å². The van der Waals surface area contributed by atoms with Crippen molar-refractivity contribution in [2.45, 2.75) is 57.7 Å². The van der Waals surface area contributed by atoms with Gasteiger partial charge in [-0.2, -0.15) is 4.98 Å². The minimum absolute atomic E-state index is 0.309. The SMILES string of the molecule is CO[C@H]1C[C@@H](CN2CCCC2)N(Cc2nc(C(C)C)no2)C1. The van der Waals surface area contributed by atoms with E-state index in [0.29, 0.717) is 18.1 Å². The number of aromatic nitrogens is 2. The Morgan fingerprint density at radius 1 is 1.32 bits per heavy atom. The molecule has 2 atom stereocenters. The van der Waals surface area contributed by atoms with E-state index in [0.717, 1.165) is 37.8 Å². The minimum Gasteiger partial charge on any atom is -0.380 e. The summed E-state index contributed by atoms with van der Waals surface area (Å²) in [5.74, 6) is 1.84. The topological polar surface area (TPSA) is 54.6 Å². The fourth-order valence-electron chi connectivity index (χ4n) is 3.50. The second-order valence-electron chi connectivity index (χ2n) is 6.89. The highest BCUT2D eigenvalue weighted by atomic mass is 16.5. The summed E-state index contributed by atoms with van der Waals surface area (Å²) >= 11 is 0. The van der Waals surface area contributed by atoms with E-state index in [2.05, 4.69) is 33.8 Å². The van der Waals surface area contributed by atoms with E-state index in [1.807, 2.05) is 7.11 Å². The van der Waals surface area contributed by atoms with Crippen molar-refractivity contribution in [3.8, 4) is 0 Å². The first-order chi connectivity index (χ1) is 10.7. The summed E-state index contributed by atoms with van der Waals surface area (Å²) in [5, 5.41) is 4.07. The summed E-state index contributed by atoms with van der Waals surface area (Å²) in [5.41, 5.74) is 0. The minimum atomic E-state index is 0.309. The molecule has 0 radical (unpaired) electrons. The zero-order valence-corrected chi connectivity index (χ0v) is 14.0. The molecule has 0 unspecified atom stereocenters. The van der Waals surface area contributed by atoms with E-state index < -0.39 is 0 Å². The standard InChI is InChI=1S/C16H28N4O2/c1-12(2)16-17-15(22-18-16)11-20-10-14(21-3)8-13(20)9-19-6-4-5-7-19/h12-14H,4-11H2,1-3H3/t13-,14-/m0/s1. The molecule has 0 spiro atoms. The fourth-order valence-corrected chi connectivity index (χ4v) is 3.50. The average molecular weight is 308 g/mol. The van der Waals surface area contributed by atoms with Gasteiger partial charge in [0.25, 0.3) is 0 Å². The molecule has 0 amide bonds. The van der Waals surface area contributed by atoms with Crippen LogP contribution in [0.1, 0.15) is 50.7 Å². The second-order valence-corrected chi connectivity index (χ2v) is 6.89. The number of likely N-dealkylation sites (tertiary alicyclic amines) is 2. The zero-order chi connectivity index (χ0) is 15.5. The molecule has 0 aromatic carbocycles. The van der Waals surface area contributed by atoms with Crippen LogP contribution in [0.25, 0.3) is 0 Å². The average Bonchev–Trinajstić information content (AvgIpc) is 3.21. The molecule has 1 aromatic heterocycles. The van der Waals surface area contributed by atoms with Crippen LogP contribution >= 0.6 is 0 Å². The van der Waals surface area contributed by atoms with E-state index in [1.54, 1.807) is 0 Å². The van der Waals surface area contributed by atoms with Gasteiger partial charge in [0.05, 0.1) is 12.6 Å². The predicted octanol–water partition coefficient (Wildman–Crippen LogP) is 1.88. The molecule has 0 bridgehead atoms. The van der Waals surface area contributed by atoms with Crippen molar-refractivity contribution < 1.29 is 9.26 Å². The molecule has 1 aromatic rings. The van der Waals surface area contributed by atoms with Gasteiger partial charge in [-0.1, -0.05) is 19.0 Å². The molecule has 2 saturated heterocycles. The third-order valence-corrected chi connectivity index (χ3v) is 4.83. The molecule has 2 aliphatic heterocycles. The quantitative estimate of drug-likeness (QED) is 0.800. The predicted molar refractivity (Wildman–Crippen MR) is 83.7 cm³/mol. The monoisotopic (exact) mass is 308 g/mol. The van der Waals surface area contributed by atoms with Crippen molar-refractivity contribution in [1.29, 1.82) is 0 Å². The van der Waals surface area contributed by atoms with Crippen molar-refractivity contribution in [2.24, 2.45) is 0 Å². The largest absolute Gasteiger partial charge is 0.380 e. The van der Waals surface area contributed by atoms with Crippen LogP contribution in [0.2, 0.25) is 0 Å². The Labute approximate surface area is 132 Å². The van der Waals surface area contributed by atoms with Gasteiger partial charge >= 0.3 is 0 Å². The Bertz CT molecular complexity index is 470. The van der Waals surface area contributed by atoms with Crippen LogP contribution in [0.4, 0.5) is 0 Å². The van der Waals surface area contributed by atoms with E-state index in [-0.39, 0.29) is 0 Å². The van der Waals surface area contributed by atoms with Crippen LogP contribution in [-0.2, 0) is 11.3 Å². The normalized spacial score (nSPS) is 27.3. The van der Waals surface area contributed by atoms with Gasteiger partial charge in [0, 0.05) is 32.2 Å². The first-order valence-electron chi connectivity index (χ1n) is 8.47. The molecule has 3 heterocycles. The molecule has 0 aliphatic carbocycles. The molecule has 22 heavy (non-hydrogen) atoms. The van der Waals surface area contributed by atoms with Crippen molar-refractivity contribution in [1.82, 2.24) is 19.9 Å². The van der Waals surface area contributed by atoms with Crippen molar-refractivity contribution in [2.75, 3.05) is 33.3 Å². The second kappa shape index (κ2) is 7.06. The Morgan fingerprint density at radius 2 is 2.09 bits per heavy atom. The molecule has 3 rings (SSSR count). The first kappa shape index (κ1) is 15.9. The fraction of sp³-hybridized carbons (Fsp3) is 0.875. The van der Waals surface area contributed by atoms with Gasteiger partial charge in [0.1, 0.15) is 0 Å². The van der Waals surface area contributed by atoms with Gasteiger partial charge in [-0.15, -0.1) is 0 Å². The lowest BCUT2D eigenvalue weighted by atomic mass is 10.2. The maximum atomic E-state index is 5.59. The third kappa shape index (κ3) is 3.67. The summed E-state index contributed by atoms with van der Waals surface area (Å²) in [6.07, 6.45) is 4.09. The number of nitrogens with zero attached hydrogens (tertiary/aromatic N) is 4. The zero-order valence-electron chi connectivity index (χ0n) is 14.0. The number of ether oxygens (including phenoxy) is 1. The molecule has 2 aliphatic rings. The van der Waals surface area contributed by atoms with Crippen molar-refractivity contribution in [3.63, 3.8) is 0 Å². The Balaban J connectivity index is 1.62. The molecule has 0 N–H and O–H groups in total. The molecular formula is C16H28N4O2. The molecule has 0 saturated carbocycles. The maximum Gasteiger partial charge on any atom is 0.240 e. The van der Waals surface area contributed by atoms with Crippen molar-refractivity contribution >= 4 is 0 Å². The lowest BCUT2D eigenvalue weighted by Crippen LogP contribution is -2.39. The van der Waals surface area contributed by atoms with Crippen LogP contribution < -0.4 is 0 Å². The van der Waals surface area contributed by atoms with E-state index >= 15 is 0 Å². The summed E-state index contributed by atoms with van der Waals surface area (Å²) in [6, 6.07) is 0.525. The van der Waals surface area contributed by atoms with Crippen molar-refractivity contribution in [3.05, 3.63) is 11.7 Å². The summed E-state index contributed by atoms with van der Waals surface area (Å²) in [7, 11) is 1.81. The van der Waals surface area contributed by atoms with Gasteiger partial charge in [-0.25, -0.2) is 0 Å². The summed E-state index contributed by atoms with van der Waals surface area (Å²) in [6.45, 7) is 9.46. The van der Waals surface area contributed by atoms with Gasteiger partial charge in [-0.05, 0) is 32.4 Å². The molecular weight excluding hydrogens is 280 g/mol. The highest BCUT2D eigenvalue weighted by Crippen LogP contribution is 2.24. The lowest BCUT2D eigenvalue weighted by Gasteiger charge is -2.26. The number of methoxy groups -OCH3 is 1. The molecule has 6 heteroatoms. The van der Waals surface area contributed by atoms with Gasteiger partial charge < -0.3 is 14.2 Å². The highest BCUT2D eigenvalue weighted by Gasteiger charge is 2.34. The Kier molecular flexibility index (Phi) is 5.10. The van der Waals surface area contributed by atoms with Crippen LogP contribution in [0.15, 0.2) is 4.52 Å². The van der Waals surface area contributed by atoms with Gasteiger partial charge in [-0.3, -0.25) is 4.90 Å². The van der Waals surface area contributed by atoms with E-state index in [9.17, 15) is 0 Å². The van der Waals surface area contributed by atoms with Crippen LogP contribution in [0.5, 0.6) is 0 Å². The summed E-state index contributed by atoms with van der Waals surface area (Å²) < 4.78 is 11.0. The van der Waals surface area contributed by atoms with Crippen LogP contribution in [0.3, 0.4) is 0 Å². The summed E-state index contributed by atoms with van der Waals surface area (Å²) in [4.78, 5) is 9.54. The van der Waals surface area contributed by atoms with Gasteiger partial charge in [0.2, 0.25) is 5.89 Å². The Morgan fingerprint density at radius 3 is 2.73 bits per heavy atom. The number of hydrogen-bond acceptors (Lipinski definition) is 6. The number of rotatable bonds is 6. The third-order valence-electron chi connectivity index (χ3n) is 4.83. The number of hydrogen-bond donors (Lipinski definition) is 0.